The van der Waals surface area contributed by atoms with Gasteiger partial charge >= 0.3 is 0 Å². The van der Waals surface area contributed by atoms with Gasteiger partial charge in [0.15, 0.2) is 6.23 Å². The van der Waals surface area contributed by atoms with Crippen molar-refractivity contribution in [3.8, 4) is 0 Å². The van der Waals surface area contributed by atoms with Gasteiger partial charge in [-0.2, -0.15) is 0 Å². The molecule has 0 aliphatic carbocycles. The van der Waals surface area contributed by atoms with E-state index in [0.29, 0.717) is 0 Å². The lowest BCUT2D eigenvalue weighted by atomic mass is 10.2. The van der Waals surface area contributed by atoms with Crippen LogP contribution in [0.25, 0.3) is 0 Å². The third kappa shape index (κ3) is 1.93. The zero-order valence-electron chi connectivity index (χ0n) is 5.72. The fraction of sp³-hybridized carbons (Fsp3) is 1.00. The maximum absolute atomic E-state index is 10.7. The highest BCUT2D eigenvalue weighted by atomic mass is 16.6. The molecular formula is C6H13NO2. The first-order valence-corrected chi connectivity index (χ1v) is 3.43. The minimum absolute atomic E-state index is 0.0845. The van der Waals surface area contributed by atoms with E-state index in [1.807, 2.05) is 0 Å². The van der Waals surface area contributed by atoms with Crippen molar-refractivity contribution >= 4 is 0 Å². The smallest absolute Gasteiger partial charge is 0.191 e. The summed E-state index contributed by atoms with van der Waals surface area (Å²) in [6, 6.07) is 0. The van der Waals surface area contributed by atoms with Gasteiger partial charge in [-0.15, -0.1) is 0 Å². The lowest BCUT2D eigenvalue weighted by molar-refractivity contribution is -0.883. The first kappa shape index (κ1) is 6.99. The molecule has 9 heavy (non-hydrogen) atoms. The van der Waals surface area contributed by atoms with Crippen LogP contribution in [-0.2, 0) is 4.74 Å². The van der Waals surface area contributed by atoms with E-state index >= 15 is 0 Å². The molecule has 0 spiro atoms. The fourth-order valence-corrected chi connectivity index (χ4v) is 1.06. The van der Waals surface area contributed by atoms with E-state index in [2.05, 4.69) is 0 Å². The molecule has 1 rings (SSSR count). The molecule has 0 aromatic rings. The summed E-state index contributed by atoms with van der Waals surface area (Å²) >= 11 is 0. The average Bonchev–Trinajstić information content (AvgIpc) is 1.90. The van der Waals surface area contributed by atoms with Gasteiger partial charge < -0.3 is 15.0 Å². The highest BCUT2D eigenvalue weighted by molar-refractivity contribution is 4.51. The summed E-state index contributed by atoms with van der Waals surface area (Å²) in [7, 11) is 1.59. The Morgan fingerprint density at radius 2 is 2.33 bits per heavy atom. The molecule has 0 amide bonds. The van der Waals surface area contributed by atoms with Gasteiger partial charge in [0.2, 0.25) is 0 Å². The molecule has 0 radical (unpaired) electrons. The Hall–Kier alpha value is -0.120. The highest BCUT2D eigenvalue weighted by Crippen LogP contribution is 2.06. The van der Waals surface area contributed by atoms with Crippen LogP contribution in [0.1, 0.15) is 19.3 Å². The van der Waals surface area contributed by atoms with E-state index in [4.69, 9.17) is 4.74 Å². The van der Waals surface area contributed by atoms with E-state index in [9.17, 15) is 5.21 Å². The van der Waals surface area contributed by atoms with Crippen molar-refractivity contribution < 1.29 is 9.80 Å². The fourth-order valence-electron chi connectivity index (χ4n) is 1.06. The van der Waals surface area contributed by atoms with E-state index in [1.54, 1.807) is 7.05 Å². The monoisotopic (exact) mass is 131 g/mol. The zero-order chi connectivity index (χ0) is 6.69. The normalized spacial score (nSPS) is 32.0. The van der Waals surface area contributed by atoms with E-state index in [0.717, 1.165) is 25.9 Å². The van der Waals surface area contributed by atoms with Crippen LogP contribution in [0.4, 0.5) is 0 Å². The van der Waals surface area contributed by atoms with Gasteiger partial charge in [-0.1, -0.05) is 0 Å². The summed E-state index contributed by atoms with van der Waals surface area (Å²) in [5.41, 5.74) is 0. The number of rotatable bonds is 1. The Morgan fingerprint density at radius 3 is 2.67 bits per heavy atom. The van der Waals surface area contributed by atoms with E-state index in [-0.39, 0.29) is 11.3 Å². The predicted molar refractivity (Wildman–Crippen MR) is 33.8 cm³/mol. The molecule has 2 atom stereocenters. The molecule has 0 bridgehead atoms. The van der Waals surface area contributed by atoms with Gasteiger partial charge in [0.25, 0.3) is 0 Å². The van der Waals surface area contributed by atoms with Crippen molar-refractivity contribution in [3.05, 3.63) is 5.21 Å². The lowest BCUT2D eigenvalue weighted by Gasteiger charge is -2.30. The Morgan fingerprint density at radius 1 is 1.56 bits per heavy atom. The maximum atomic E-state index is 10.7. The first-order chi connectivity index (χ1) is 4.30. The van der Waals surface area contributed by atoms with Gasteiger partial charge in [-0.05, 0) is 12.8 Å². The Balaban J connectivity index is 2.23. The molecule has 1 aliphatic heterocycles. The van der Waals surface area contributed by atoms with Gasteiger partial charge in [0, 0.05) is 6.42 Å². The van der Waals surface area contributed by atoms with Crippen molar-refractivity contribution in [1.29, 1.82) is 0 Å². The zero-order valence-corrected chi connectivity index (χ0v) is 5.72. The van der Waals surface area contributed by atoms with E-state index < -0.39 is 0 Å². The average molecular weight is 131 g/mol. The molecule has 1 saturated heterocycles. The van der Waals surface area contributed by atoms with Crippen molar-refractivity contribution in [2.24, 2.45) is 0 Å². The Labute approximate surface area is 55.2 Å². The van der Waals surface area contributed by atoms with Crippen molar-refractivity contribution in [2.75, 3.05) is 13.7 Å². The SMILES string of the molecule is C[NH+]([O-])C1CCCCO1. The molecule has 54 valence electrons. The molecule has 1 heterocycles. The predicted octanol–water partition coefficient (Wildman–Crippen LogP) is -0.474. The lowest BCUT2D eigenvalue weighted by Crippen LogP contribution is -3.08. The van der Waals surface area contributed by atoms with Crippen LogP contribution >= 0.6 is 0 Å². The molecule has 0 aromatic carbocycles. The number of ether oxygens (including phenoxy) is 1. The molecule has 1 aliphatic rings. The second-order valence-electron chi connectivity index (χ2n) is 2.47. The minimum Gasteiger partial charge on any atom is -0.633 e. The summed E-state index contributed by atoms with van der Waals surface area (Å²) in [6.45, 7) is 0.768. The summed E-state index contributed by atoms with van der Waals surface area (Å²) in [4.78, 5) is 0. The van der Waals surface area contributed by atoms with Gasteiger partial charge in [-0.25, -0.2) is 0 Å². The topological polar surface area (TPSA) is 36.7 Å². The van der Waals surface area contributed by atoms with Crippen LogP contribution in [0.2, 0.25) is 0 Å². The molecular weight excluding hydrogens is 118 g/mol. The maximum Gasteiger partial charge on any atom is 0.191 e. The highest BCUT2D eigenvalue weighted by Gasteiger charge is 2.16. The largest absolute Gasteiger partial charge is 0.633 e. The van der Waals surface area contributed by atoms with E-state index in [1.165, 1.54) is 0 Å². The summed E-state index contributed by atoms with van der Waals surface area (Å²) < 4.78 is 5.19. The standard InChI is InChI=1S/C6H13NO2/c1-7(8)6-4-2-3-5-9-6/h6-7H,2-5H2,1H3. The van der Waals surface area contributed by atoms with Crippen LogP contribution in [0.3, 0.4) is 0 Å². The van der Waals surface area contributed by atoms with Crippen LogP contribution in [0, 0.1) is 5.21 Å². The number of hydrogen-bond donors (Lipinski definition) is 1. The molecule has 2 unspecified atom stereocenters. The molecule has 1 fully saturated rings. The second kappa shape index (κ2) is 3.15. The van der Waals surface area contributed by atoms with Gasteiger partial charge in [0.05, 0.1) is 13.7 Å². The Bertz CT molecular complexity index is 79.1. The van der Waals surface area contributed by atoms with Gasteiger partial charge in [-0.3, -0.25) is 0 Å². The van der Waals surface area contributed by atoms with Crippen molar-refractivity contribution in [3.63, 3.8) is 0 Å². The minimum atomic E-state index is -0.0845. The molecule has 0 aromatic heterocycles. The van der Waals surface area contributed by atoms with Gasteiger partial charge in [0.1, 0.15) is 0 Å². The van der Waals surface area contributed by atoms with Crippen molar-refractivity contribution in [2.45, 2.75) is 25.5 Å². The number of quaternary nitrogens is 1. The van der Waals surface area contributed by atoms with Crippen molar-refractivity contribution in [1.82, 2.24) is 0 Å². The summed E-state index contributed by atoms with van der Waals surface area (Å²) in [6.07, 6.45) is 3.10. The quantitative estimate of drug-likeness (QED) is 0.488. The third-order valence-corrected chi connectivity index (χ3v) is 1.63. The number of nitrogens with one attached hydrogen (secondary N) is 1. The second-order valence-corrected chi connectivity index (χ2v) is 2.47. The van der Waals surface area contributed by atoms with Crippen LogP contribution < -0.4 is 5.06 Å². The Kier molecular flexibility index (Phi) is 2.45. The summed E-state index contributed by atoms with van der Waals surface area (Å²) in [5, 5.41) is 10.8. The van der Waals surface area contributed by atoms with Crippen LogP contribution in [0.15, 0.2) is 0 Å². The third-order valence-electron chi connectivity index (χ3n) is 1.63. The molecule has 1 N–H and O–H groups in total. The van der Waals surface area contributed by atoms with Crippen LogP contribution in [-0.4, -0.2) is 19.9 Å². The number of hydroxylamine groups is 2. The molecule has 0 saturated carbocycles. The first-order valence-electron chi connectivity index (χ1n) is 3.43. The van der Waals surface area contributed by atoms with Crippen LogP contribution in [0.5, 0.6) is 0 Å². The summed E-state index contributed by atoms with van der Waals surface area (Å²) in [5.74, 6) is 0. The number of hydrogen-bond acceptors (Lipinski definition) is 2. The molecule has 3 nitrogen and oxygen atoms in total. The molecule has 3 heteroatoms.